The number of halogens is 1. The molecule has 1 aromatic carbocycles. The normalized spacial score (nSPS) is 17.3. The SMILES string of the molecule is Cn1cc(-c2nc([C@H]3COCCN3C(=O)Cc3ccccc3Cl)no2)cn1. The van der Waals surface area contributed by atoms with Crippen molar-refractivity contribution in [2.75, 3.05) is 19.8 Å². The summed E-state index contributed by atoms with van der Waals surface area (Å²) in [7, 11) is 1.81. The van der Waals surface area contributed by atoms with Crippen LogP contribution in [0.15, 0.2) is 41.2 Å². The molecule has 0 N–H and O–H groups in total. The van der Waals surface area contributed by atoms with E-state index in [2.05, 4.69) is 15.2 Å². The summed E-state index contributed by atoms with van der Waals surface area (Å²) >= 11 is 6.19. The molecule has 1 amide bonds. The average Bonchev–Trinajstić information content (AvgIpc) is 3.32. The Morgan fingerprint density at radius 2 is 2.22 bits per heavy atom. The Morgan fingerprint density at radius 3 is 3.00 bits per heavy atom. The van der Waals surface area contributed by atoms with Gasteiger partial charge in [-0.25, -0.2) is 0 Å². The quantitative estimate of drug-likeness (QED) is 0.682. The number of rotatable bonds is 4. The van der Waals surface area contributed by atoms with Crippen molar-refractivity contribution in [3.8, 4) is 11.5 Å². The Bertz CT molecular complexity index is 954. The van der Waals surface area contributed by atoms with E-state index in [1.54, 1.807) is 28.0 Å². The molecule has 140 valence electrons. The van der Waals surface area contributed by atoms with Crippen LogP contribution in [0, 0.1) is 0 Å². The molecule has 4 rings (SSSR count). The molecule has 0 spiro atoms. The molecule has 8 nitrogen and oxygen atoms in total. The van der Waals surface area contributed by atoms with Gasteiger partial charge in [-0.2, -0.15) is 10.1 Å². The van der Waals surface area contributed by atoms with E-state index in [0.717, 1.165) is 11.1 Å². The number of benzene rings is 1. The molecule has 1 saturated heterocycles. The van der Waals surface area contributed by atoms with Crippen LogP contribution in [-0.4, -0.2) is 50.5 Å². The van der Waals surface area contributed by atoms with Crippen LogP contribution >= 0.6 is 11.6 Å². The van der Waals surface area contributed by atoms with Crippen LogP contribution in [0.25, 0.3) is 11.5 Å². The summed E-state index contributed by atoms with van der Waals surface area (Å²) in [6.07, 6.45) is 3.65. The number of aryl methyl sites for hydroxylation is 1. The van der Waals surface area contributed by atoms with Gasteiger partial charge in [-0.3, -0.25) is 9.48 Å². The van der Waals surface area contributed by atoms with Crippen molar-refractivity contribution in [1.29, 1.82) is 0 Å². The maximum atomic E-state index is 12.9. The van der Waals surface area contributed by atoms with Gasteiger partial charge in [0.05, 0.1) is 31.4 Å². The number of carbonyl (C=O) groups excluding carboxylic acids is 1. The Labute approximate surface area is 160 Å². The second kappa shape index (κ2) is 7.50. The Balaban J connectivity index is 1.55. The molecule has 3 aromatic rings. The van der Waals surface area contributed by atoms with Gasteiger partial charge in [0.25, 0.3) is 5.89 Å². The summed E-state index contributed by atoms with van der Waals surface area (Å²) in [6, 6.07) is 6.94. The van der Waals surface area contributed by atoms with Gasteiger partial charge in [-0.05, 0) is 11.6 Å². The number of aromatic nitrogens is 4. The minimum absolute atomic E-state index is 0.0517. The maximum Gasteiger partial charge on any atom is 0.261 e. The van der Waals surface area contributed by atoms with Crippen molar-refractivity contribution in [1.82, 2.24) is 24.8 Å². The van der Waals surface area contributed by atoms with Crippen molar-refractivity contribution >= 4 is 17.5 Å². The molecule has 1 atom stereocenters. The number of hydrogen-bond donors (Lipinski definition) is 0. The van der Waals surface area contributed by atoms with E-state index < -0.39 is 6.04 Å². The van der Waals surface area contributed by atoms with Gasteiger partial charge in [0.2, 0.25) is 5.91 Å². The Kier molecular flexibility index (Phi) is 4.91. The van der Waals surface area contributed by atoms with Crippen molar-refractivity contribution in [3.63, 3.8) is 0 Å². The number of ether oxygens (including phenoxy) is 1. The number of carbonyl (C=O) groups is 1. The fourth-order valence-electron chi connectivity index (χ4n) is 3.04. The van der Waals surface area contributed by atoms with Gasteiger partial charge in [0, 0.05) is 24.8 Å². The zero-order valence-corrected chi connectivity index (χ0v) is 15.5. The van der Waals surface area contributed by atoms with Crippen molar-refractivity contribution < 1.29 is 14.1 Å². The molecule has 1 aliphatic heterocycles. The minimum atomic E-state index is -0.400. The Morgan fingerprint density at radius 1 is 1.37 bits per heavy atom. The first-order valence-electron chi connectivity index (χ1n) is 8.55. The molecule has 1 fully saturated rings. The highest BCUT2D eigenvalue weighted by molar-refractivity contribution is 6.31. The molecule has 2 aromatic heterocycles. The lowest BCUT2D eigenvalue weighted by Gasteiger charge is -2.33. The van der Waals surface area contributed by atoms with Crippen LogP contribution in [0.5, 0.6) is 0 Å². The Hall–Kier alpha value is -2.71. The minimum Gasteiger partial charge on any atom is -0.377 e. The smallest absolute Gasteiger partial charge is 0.261 e. The molecular formula is C18H18ClN5O3. The predicted octanol–water partition coefficient (Wildman–Crippen LogP) is 2.27. The van der Waals surface area contributed by atoms with Gasteiger partial charge >= 0.3 is 0 Å². The number of hydrogen-bond acceptors (Lipinski definition) is 6. The lowest BCUT2D eigenvalue weighted by atomic mass is 10.1. The molecule has 0 aliphatic carbocycles. The van der Waals surface area contributed by atoms with Crippen LogP contribution in [0.3, 0.4) is 0 Å². The third kappa shape index (κ3) is 3.72. The molecule has 0 bridgehead atoms. The van der Waals surface area contributed by atoms with Gasteiger partial charge in [-0.15, -0.1) is 0 Å². The van der Waals surface area contributed by atoms with Crippen LogP contribution < -0.4 is 0 Å². The maximum absolute atomic E-state index is 12.9. The van der Waals surface area contributed by atoms with E-state index in [1.807, 2.05) is 25.2 Å². The molecule has 0 saturated carbocycles. The van der Waals surface area contributed by atoms with E-state index in [-0.39, 0.29) is 12.3 Å². The number of amides is 1. The first kappa shape index (κ1) is 17.7. The van der Waals surface area contributed by atoms with Crippen molar-refractivity contribution in [2.45, 2.75) is 12.5 Å². The van der Waals surface area contributed by atoms with E-state index in [1.165, 1.54) is 0 Å². The second-order valence-corrected chi connectivity index (χ2v) is 6.71. The molecule has 0 unspecified atom stereocenters. The highest BCUT2D eigenvalue weighted by Crippen LogP contribution is 2.26. The van der Waals surface area contributed by atoms with Crippen LogP contribution in [0.1, 0.15) is 17.4 Å². The summed E-state index contributed by atoms with van der Waals surface area (Å²) in [4.78, 5) is 19.1. The van der Waals surface area contributed by atoms with Crippen molar-refractivity contribution in [3.05, 3.63) is 53.1 Å². The fourth-order valence-corrected chi connectivity index (χ4v) is 3.24. The average molecular weight is 388 g/mol. The standard InChI is InChI=1S/C18H18ClN5O3/c1-23-10-13(9-20-23)18-21-17(22-27-18)15-11-26-7-6-24(15)16(25)8-12-4-2-3-5-14(12)19/h2-5,9-10,15H,6-8,11H2,1H3/t15-/m1/s1. The van der Waals surface area contributed by atoms with Crippen molar-refractivity contribution in [2.24, 2.45) is 7.05 Å². The third-order valence-electron chi connectivity index (χ3n) is 4.44. The van der Waals surface area contributed by atoms with Crippen LogP contribution in [0.2, 0.25) is 5.02 Å². The zero-order valence-electron chi connectivity index (χ0n) is 14.7. The molecule has 0 radical (unpaired) electrons. The first-order chi connectivity index (χ1) is 13.1. The number of nitrogens with zero attached hydrogens (tertiary/aromatic N) is 5. The molecule has 3 heterocycles. The molecule has 1 aliphatic rings. The van der Waals surface area contributed by atoms with E-state index in [9.17, 15) is 4.79 Å². The summed E-state index contributed by atoms with van der Waals surface area (Å²) in [5.41, 5.74) is 1.51. The van der Waals surface area contributed by atoms with Gasteiger partial charge in [-0.1, -0.05) is 35.0 Å². The molecular weight excluding hydrogens is 370 g/mol. The molecule has 9 heteroatoms. The van der Waals surface area contributed by atoms with Gasteiger partial charge in [0.15, 0.2) is 5.82 Å². The highest BCUT2D eigenvalue weighted by atomic mass is 35.5. The van der Waals surface area contributed by atoms with Gasteiger partial charge < -0.3 is 14.2 Å². The first-order valence-corrected chi connectivity index (χ1v) is 8.93. The van der Waals surface area contributed by atoms with E-state index in [0.29, 0.717) is 36.5 Å². The summed E-state index contributed by atoms with van der Waals surface area (Å²) in [5.74, 6) is 0.729. The summed E-state index contributed by atoms with van der Waals surface area (Å²) in [5, 5.41) is 8.74. The topological polar surface area (TPSA) is 86.3 Å². The van der Waals surface area contributed by atoms with Crippen LogP contribution in [0.4, 0.5) is 0 Å². The predicted molar refractivity (Wildman–Crippen MR) is 96.9 cm³/mol. The van der Waals surface area contributed by atoms with E-state index >= 15 is 0 Å². The third-order valence-corrected chi connectivity index (χ3v) is 4.81. The van der Waals surface area contributed by atoms with E-state index in [4.69, 9.17) is 20.9 Å². The fraction of sp³-hybridized carbons (Fsp3) is 0.333. The lowest BCUT2D eigenvalue weighted by molar-refractivity contribution is -0.139. The summed E-state index contributed by atoms with van der Waals surface area (Å²) in [6.45, 7) is 1.25. The number of morpholine rings is 1. The highest BCUT2D eigenvalue weighted by Gasteiger charge is 2.32. The zero-order chi connectivity index (χ0) is 18.8. The lowest BCUT2D eigenvalue weighted by Crippen LogP contribution is -2.44. The monoisotopic (exact) mass is 387 g/mol. The largest absolute Gasteiger partial charge is 0.377 e. The second-order valence-electron chi connectivity index (χ2n) is 6.31. The van der Waals surface area contributed by atoms with Gasteiger partial charge in [0.1, 0.15) is 6.04 Å². The molecule has 27 heavy (non-hydrogen) atoms. The van der Waals surface area contributed by atoms with Crippen LogP contribution in [-0.2, 0) is 23.0 Å². The summed E-state index contributed by atoms with van der Waals surface area (Å²) < 4.78 is 12.6.